The second-order valence-electron chi connectivity index (χ2n) is 9.41. The molecule has 12 nitrogen and oxygen atoms in total. The van der Waals surface area contributed by atoms with E-state index in [1.807, 2.05) is 0 Å². The van der Waals surface area contributed by atoms with Crippen LogP contribution in [0.1, 0.15) is 11.1 Å². The topological polar surface area (TPSA) is 185 Å². The largest absolute Gasteiger partial charge is 0.504 e. The molecule has 0 amide bonds. The molecule has 12 heteroatoms. The lowest BCUT2D eigenvalue weighted by molar-refractivity contribution is -0.277. The highest BCUT2D eigenvalue weighted by atomic mass is 16.7. The van der Waals surface area contributed by atoms with Crippen LogP contribution in [0.5, 0.6) is 23.0 Å². The van der Waals surface area contributed by atoms with E-state index in [2.05, 4.69) is 0 Å². The molecule has 2 fully saturated rings. The number of aromatic hydroxyl groups is 1. The van der Waals surface area contributed by atoms with Crippen molar-refractivity contribution in [2.75, 3.05) is 27.4 Å². The minimum Gasteiger partial charge on any atom is -0.504 e. The summed E-state index contributed by atoms with van der Waals surface area (Å²) in [5.74, 6) is -0.788. The Bertz CT molecular complexity index is 1140. The van der Waals surface area contributed by atoms with E-state index in [-0.39, 0.29) is 42.4 Å². The molecule has 0 aliphatic carbocycles. The Morgan fingerprint density at radius 3 is 2.32 bits per heavy atom. The minimum atomic E-state index is -1.82. The zero-order valence-corrected chi connectivity index (χ0v) is 20.9. The summed E-state index contributed by atoms with van der Waals surface area (Å²) in [4.78, 5) is 12.6. The number of carbonyl (C=O) groups is 1. The molecular weight excluding hydrogens is 504 g/mol. The van der Waals surface area contributed by atoms with Crippen LogP contribution in [0.15, 0.2) is 36.4 Å². The summed E-state index contributed by atoms with van der Waals surface area (Å²) in [5.41, 5.74) is -0.555. The first-order valence-electron chi connectivity index (χ1n) is 12.0. The van der Waals surface area contributed by atoms with Crippen LogP contribution >= 0.6 is 0 Å². The van der Waals surface area contributed by atoms with Gasteiger partial charge in [-0.2, -0.15) is 0 Å². The predicted molar refractivity (Wildman–Crippen MR) is 129 cm³/mol. The van der Waals surface area contributed by atoms with Crippen molar-refractivity contribution in [3.63, 3.8) is 0 Å². The van der Waals surface area contributed by atoms with Crippen LogP contribution in [0, 0.1) is 5.92 Å². The van der Waals surface area contributed by atoms with Gasteiger partial charge in [-0.15, -0.1) is 0 Å². The van der Waals surface area contributed by atoms with Crippen LogP contribution < -0.4 is 14.2 Å². The molecule has 0 spiro atoms. The van der Waals surface area contributed by atoms with Crippen LogP contribution in [0.25, 0.3) is 0 Å². The minimum absolute atomic E-state index is 0.00398. The molecule has 4 rings (SSSR count). The highest BCUT2D eigenvalue weighted by Crippen LogP contribution is 2.37. The summed E-state index contributed by atoms with van der Waals surface area (Å²) in [5, 5.41) is 60.8. The van der Waals surface area contributed by atoms with Crippen LogP contribution in [-0.2, 0) is 27.1 Å². The number of aliphatic hydroxyl groups is 5. The number of rotatable bonds is 9. The molecule has 0 aromatic heterocycles. The maximum Gasteiger partial charge on any atom is 0.338 e. The fraction of sp³-hybridized carbons (Fsp3) is 0.500. The van der Waals surface area contributed by atoms with Crippen molar-refractivity contribution in [3.8, 4) is 23.0 Å². The Hall–Kier alpha value is -3.13. The van der Waals surface area contributed by atoms with E-state index in [1.54, 1.807) is 24.3 Å². The van der Waals surface area contributed by atoms with Crippen molar-refractivity contribution < 1.29 is 59.1 Å². The van der Waals surface area contributed by atoms with Gasteiger partial charge in [0.2, 0.25) is 6.29 Å². The molecule has 2 heterocycles. The first-order chi connectivity index (χ1) is 18.1. The first-order valence-corrected chi connectivity index (χ1v) is 12.0. The lowest BCUT2D eigenvalue weighted by Gasteiger charge is -2.39. The van der Waals surface area contributed by atoms with Crippen LogP contribution in [-0.4, -0.2) is 100 Å². The molecule has 2 aromatic rings. The SMILES string of the molecule is COc1cc(C[C@@]2(O)C(=O)OC[C@@H]2Cc2ccc(O[C@@H]3O[C@H](CO)[C@@H](O)[C@H](O)[C@H]3O)c(OC)c2)ccc1O. The predicted octanol–water partition coefficient (Wildman–Crippen LogP) is -0.723. The first kappa shape index (κ1) is 27.9. The quantitative estimate of drug-likeness (QED) is 0.221. The summed E-state index contributed by atoms with van der Waals surface area (Å²) in [6.07, 6.45) is -7.03. The highest BCUT2D eigenvalue weighted by Gasteiger charge is 2.51. The van der Waals surface area contributed by atoms with Crippen molar-refractivity contribution in [1.29, 1.82) is 0 Å². The molecule has 2 aromatic carbocycles. The zero-order chi connectivity index (χ0) is 27.6. The number of benzene rings is 2. The number of methoxy groups -OCH3 is 2. The normalized spacial score (nSPS) is 31.1. The fourth-order valence-corrected chi connectivity index (χ4v) is 4.70. The molecule has 0 saturated carbocycles. The lowest BCUT2D eigenvalue weighted by atomic mass is 9.81. The van der Waals surface area contributed by atoms with Gasteiger partial charge in [-0.3, -0.25) is 0 Å². The Balaban J connectivity index is 1.51. The second kappa shape index (κ2) is 11.3. The van der Waals surface area contributed by atoms with E-state index < -0.39 is 54.8 Å². The Morgan fingerprint density at radius 1 is 0.947 bits per heavy atom. The summed E-state index contributed by atoms with van der Waals surface area (Å²) < 4.78 is 26.8. The van der Waals surface area contributed by atoms with Gasteiger partial charge in [-0.1, -0.05) is 12.1 Å². The summed E-state index contributed by atoms with van der Waals surface area (Å²) in [6.45, 7) is -0.598. The van der Waals surface area contributed by atoms with E-state index in [4.69, 9.17) is 23.7 Å². The molecule has 2 saturated heterocycles. The zero-order valence-electron chi connectivity index (χ0n) is 20.9. The molecule has 208 valence electrons. The van der Waals surface area contributed by atoms with Crippen LogP contribution in [0.3, 0.4) is 0 Å². The van der Waals surface area contributed by atoms with Crippen molar-refractivity contribution in [2.24, 2.45) is 5.92 Å². The second-order valence-corrected chi connectivity index (χ2v) is 9.41. The number of cyclic esters (lactones) is 1. The summed E-state index contributed by atoms with van der Waals surface area (Å²) in [7, 11) is 2.80. The number of carbonyl (C=O) groups excluding carboxylic acids is 1. The molecule has 0 bridgehead atoms. The average Bonchev–Trinajstić information content (AvgIpc) is 3.18. The monoisotopic (exact) mass is 536 g/mol. The van der Waals surface area contributed by atoms with E-state index in [1.165, 1.54) is 26.4 Å². The van der Waals surface area contributed by atoms with Gasteiger partial charge in [0.1, 0.15) is 24.4 Å². The third-order valence-electron chi connectivity index (χ3n) is 6.96. The van der Waals surface area contributed by atoms with Gasteiger partial charge in [-0.25, -0.2) is 4.79 Å². The third kappa shape index (κ3) is 5.37. The smallest absolute Gasteiger partial charge is 0.338 e. The van der Waals surface area contributed by atoms with Gasteiger partial charge in [-0.05, 0) is 41.8 Å². The molecule has 38 heavy (non-hydrogen) atoms. The van der Waals surface area contributed by atoms with Gasteiger partial charge in [0.25, 0.3) is 0 Å². The number of phenolic OH excluding ortho intramolecular Hbond substituents is 1. The lowest BCUT2D eigenvalue weighted by Crippen LogP contribution is -2.60. The Kier molecular flexibility index (Phi) is 8.31. The van der Waals surface area contributed by atoms with Crippen molar-refractivity contribution in [1.82, 2.24) is 0 Å². The number of ether oxygens (including phenoxy) is 5. The highest BCUT2D eigenvalue weighted by molar-refractivity contribution is 5.82. The summed E-state index contributed by atoms with van der Waals surface area (Å²) in [6, 6.07) is 9.40. The number of hydrogen-bond donors (Lipinski definition) is 6. The van der Waals surface area contributed by atoms with Gasteiger partial charge in [0.15, 0.2) is 28.6 Å². The van der Waals surface area contributed by atoms with E-state index >= 15 is 0 Å². The van der Waals surface area contributed by atoms with E-state index in [0.29, 0.717) is 11.1 Å². The number of aliphatic hydroxyl groups excluding tert-OH is 4. The molecule has 0 unspecified atom stereocenters. The maximum atomic E-state index is 12.6. The molecule has 7 atom stereocenters. The number of esters is 1. The average molecular weight is 537 g/mol. The van der Waals surface area contributed by atoms with Gasteiger partial charge >= 0.3 is 5.97 Å². The van der Waals surface area contributed by atoms with Gasteiger partial charge in [0, 0.05) is 12.3 Å². The van der Waals surface area contributed by atoms with E-state index in [0.717, 1.165) is 0 Å². The van der Waals surface area contributed by atoms with Gasteiger partial charge in [0.05, 0.1) is 27.4 Å². The molecule has 2 aliphatic heterocycles. The third-order valence-corrected chi connectivity index (χ3v) is 6.96. The molecule has 2 aliphatic rings. The van der Waals surface area contributed by atoms with Crippen molar-refractivity contribution >= 4 is 5.97 Å². The van der Waals surface area contributed by atoms with Crippen molar-refractivity contribution in [3.05, 3.63) is 47.5 Å². The van der Waals surface area contributed by atoms with E-state index in [9.17, 15) is 35.4 Å². The molecular formula is C26H32O12. The fourth-order valence-electron chi connectivity index (χ4n) is 4.70. The van der Waals surface area contributed by atoms with Gasteiger partial charge < -0.3 is 54.3 Å². The molecule has 6 N–H and O–H groups in total. The summed E-state index contributed by atoms with van der Waals surface area (Å²) >= 11 is 0. The Labute approximate surface area is 218 Å². The number of phenols is 1. The van der Waals surface area contributed by atoms with Crippen molar-refractivity contribution in [2.45, 2.75) is 49.1 Å². The molecule has 0 radical (unpaired) electrons. The van der Waals surface area contributed by atoms with Crippen LogP contribution in [0.4, 0.5) is 0 Å². The Morgan fingerprint density at radius 2 is 1.63 bits per heavy atom. The standard InChI is InChI=1S/C26H32O12/c1-34-18-9-14(3-5-16(18)28)10-26(33)15(12-36-25(26)32)7-13-4-6-17(19(8-13)35-2)37-24-23(31)22(30)21(29)20(11-27)38-24/h3-6,8-9,15,20-24,27-31,33H,7,10-12H2,1-2H3/t15-,20+,21+,22-,23+,24+,26-/m0/s1. The number of hydrogen-bond acceptors (Lipinski definition) is 12. The maximum absolute atomic E-state index is 12.6. The van der Waals surface area contributed by atoms with Crippen LogP contribution in [0.2, 0.25) is 0 Å².